The molecule has 0 aliphatic rings. The van der Waals surface area contributed by atoms with Crippen LogP contribution in [0.2, 0.25) is 0 Å². The van der Waals surface area contributed by atoms with Crippen molar-refractivity contribution in [1.82, 2.24) is 20.1 Å². The molecule has 0 fully saturated rings. The fourth-order valence-electron chi connectivity index (χ4n) is 3.35. The highest BCUT2D eigenvalue weighted by Crippen LogP contribution is 2.21. The minimum atomic E-state index is -0.305. The minimum absolute atomic E-state index is 0.118. The van der Waals surface area contributed by atoms with Gasteiger partial charge in [0.2, 0.25) is 5.91 Å². The van der Waals surface area contributed by atoms with Crippen molar-refractivity contribution in [2.24, 2.45) is 0 Å². The molecule has 2 N–H and O–H groups in total. The molecule has 7 nitrogen and oxygen atoms in total. The zero-order chi connectivity index (χ0) is 20.2. The summed E-state index contributed by atoms with van der Waals surface area (Å²) in [6.07, 6.45) is 2.32. The number of hydrogen-bond donors (Lipinski definition) is 2. The Hall–Kier alpha value is -3.61. The molecule has 0 radical (unpaired) electrons. The molecule has 0 atom stereocenters. The van der Waals surface area contributed by atoms with E-state index in [2.05, 4.69) is 15.4 Å². The van der Waals surface area contributed by atoms with Crippen LogP contribution in [0.25, 0.3) is 21.8 Å². The highest BCUT2D eigenvalue weighted by molar-refractivity contribution is 6.06. The maximum Gasteiger partial charge on any atom is 0.291 e. The third-order valence-corrected chi connectivity index (χ3v) is 4.78. The van der Waals surface area contributed by atoms with Crippen LogP contribution in [0.5, 0.6) is 5.75 Å². The molecule has 29 heavy (non-hydrogen) atoms. The molecular weight excluding hydrogens is 368 g/mol. The number of carbonyl (C=O) groups is 1. The van der Waals surface area contributed by atoms with Gasteiger partial charge in [0, 0.05) is 22.8 Å². The lowest BCUT2D eigenvalue weighted by atomic mass is 10.1. The molecule has 0 saturated carbocycles. The Balaban J connectivity index is 1.39. The molecule has 148 valence electrons. The first-order valence-electron chi connectivity index (χ1n) is 9.60. The summed E-state index contributed by atoms with van der Waals surface area (Å²) in [7, 11) is 0. The first kappa shape index (κ1) is 18.7. The molecule has 0 saturated heterocycles. The second-order valence-corrected chi connectivity index (χ2v) is 6.74. The lowest BCUT2D eigenvalue weighted by molar-refractivity contribution is -0.121. The second-order valence-electron chi connectivity index (χ2n) is 6.74. The van der Waals surface area contributed by atoms with E-state index in [0.717, 1.165) is 27.6 Å². The van der Waals surface area contributed by atoms with Crippen molar-refractivity contribution in [3.63, 3.8) is 0 Å². The van der Waals surface area contributed by atoms with Gasteiger partial charge in [-0.25, -0.2) is 4.68 Å². The van der Waals surface area contributed by atoms with E-state index >= 15 is 0 Å². The van der Waals surface area contributed by atoms with Gasteiger partial charge in [0.05, 0.1) is 12.8 Å². The Morgan fingerprint density at radius 1 is 1.14 bits per heavy atom. The number of aromatic amines is 1. The zero-order valence-corrected chi connectivity index (χ0v) is 16.1. The largest absolute Gasteiger partial charge is 0.494 e. The van der Waals surface area contributed by atoms with Crippen LogP contribution in [0, 0.1) is 0 Å². The second kappa shape index (κ2) is 8.18. The number of amides is 1. The van der Waals surface area contributed by atoms with Crippen LogP contribution in [0.15, 0.2) is 59.5 Å². The Bertz CT molecular complexity index is 1210. The summed E-state index contributed by atoms with van der Waals surface area (Å²) >= 11 is 0. The Morgan fingerprint density at radius 3 is 2.72 bits per heavy atom. The summed E-state index contributed by atoms with van der Waals surface area (Å²) < 4.78 is 6.60. The molecule has 0 aliphatic carbocycles. The molecule has 1 amide bonds. The molecule has 2 heterocycles. The predicted molar refractivity (Wildman–Crippen MR) is 112 cm³/mol. The van der Waals surface area contributed by atoms with Gasteiger partial charge in [-0.05, 0) is 37.1 Å². The van der Waals surface area contributed by atoms with Crippen LogP contribution < -0.4 is 15.6 Å². The maximum atomic E-state index is 12.7. The summed E-state index contributed by atoms with van der Waals surface area (Å²) in [5, 5.41) is 8.72. The van der Waals surface area contributed by atoms with Gasteiger partial charge >= 0.3 is 0 Å². The molecule has 0 bridgehead atoms. The number of ether oxygens (including phenoxy) is 1. The van der Waals surface area contributed by atoms with Gasteiger partial charge in [-0.3, -0.25) is 9.59 Å². The first-order valence-corrected chi connectivity index (χ1v) is 9.60. The molecule has 2 aromatic carbocycles. The average molecular weight is 390 g/mol. The summed E-state index contributed by atoms with van der Waals surface area (Å²) in [5.74, 6) is 0.583. The Kier molecular flexibility index (Phi) is 5.29. The first-order chi connectivity index (χ1) is 14.2. The highest BCUT2D eigenvalue weighted by atomic mass is 16.5. The van der Waals surface area contributed by atoms with Gasteiger partial charge in [-0.15, -0.1) is 0 Å². The molecule has 2 aromatic heterocycles. The number of aromatic nitrogens is 3. The fourth-order valence-corrected chi connectivity index (χ4v) is 3.35. The number of H-pyrrole nitrogens is 1. The molecule has 4 rings (SSSR count). The number of rotatable bonds is 7. The maximum absolute atomic E-state index is 12.7. The number of hydrogen-bond acceptors (Lipinski definition) is 4. The van der Waals surface area contributed by atoms with E-state index in [0.29, 0.717) is 25.1 Å². The smallest absolute Gasteiger partial charge is 0.291 e. The summed E-state index contributed by atoms with van der Waals surface area (Å²) in [6, 6.07) is 15.5. The van der Waals surface area contributed by atoms with E-state index in [4.69, 9.17) is 4.74 Å². The third kappa shape index (κ3) is 3.99. The number of fused-ring (bicyclic) bond motifs is 3. The van der Waals surface area contributed by atoms with Gasteiger partial charge in [-0.1, -0.05) is 30.3 Å². The molecule has 7 heteroatoms. The molecular formula is C22H22N4O3. The van der Waals surface area contributed by atoms with E-state index in [1.807, 2.05) is 55.5 Å². The van der Waals surface area contributed by atoms with Gasteiger partial charge in [-0.2, -0.15) is 5.10 Å². The van der Waals surface area contributed by atoms with E-state index in [9.17, 15) is 9.59 Å². The summed E-state index contributed by atoms with van der Waals surface area (Å²) in [5.41, 5.74) is 2.13. The molecule has 0 aliphatic heterocycles. The number of para-hydroxylation sites is 1. The van der Waals surface area contributed by atoms with Crippen LogP contribution in [-0.2, 0) is 17.8 Å². The van der Waals surface area contributed by atoms with Crippen LogP contribution in [0.4, 0.5) is 0 Å². The highest BCUT2D eigenvalue weighted by Gasteiger charge is 2.12. The van der Waals surface area contributed by atoms with Crippen molar-refractivity contribution in [1.29, 1.82) is 0 Å². The third-order valence-electron chi connectivity index (χ3n) is 4.78. The SMILES string of the molecule is CCOc1ccc(CCNC(=O)Cn2ncc3c([nH]c4ccccc43)c2=O)cc1. The normalized spacial score (nSPS) is 11.1. The van der Waals surface area contributed by atoms with Crippen LogP contribution in [0.3, 0.4) is 0 Å². The van der Waals surface area contributed by atoms with Gasteiger partial charge in [0.1, 0.15) is 17.8 Å². The number of benzene rings is 2. The standard InChI is InChI=1S/C22H22N4O3/c1-2-29-16-9-7-15(8-10-16)11-12-23-20(27)14-26-22(28)21-18(13-24-26)17-5-3-4-6-19(17)25-21/h3-10,13,25H,2,11-12,14H2,1H3,(H,23,27). The molecule has 0 unspecified atom stereocenters. The lowest BCUT2D eigenvalue weighted by Crippen LogP contribution is -2.34. The Labute approximate surface area is 167 Å². The lowest BCUT2D eigenvalue weighted by Gasteiger charge is -2.08. The number of carbonyl (C=O) groups excluding carboxylic acids is 1. The number of nitrogens with one attached hydrogen (secondary N) is 2. The zero-order valence-electron chi connectivity index (χ0n) is 16.1. The van der Waals surface area contributed by atoms with Gasteiger partial charge < -0.3 is 15.0 Å². The predicted octanol–water partition coefficient (Wildman–Crippen LogP) is 2.64. The van der Waals surface area contributed by atoms with E-state index in [1.165, 1.54) is 4.68 Å². The van der Waals surface area contributed by atoms with Gasteiger partial charge in [0.25, 0.3) is 5.56 Å². The molecule has 4 aromatic rings. The monoisotopic (exact) mass is 390 g/mol. The van der Waals surface area contributed by atoms with Crippen molar-refractivity contribution >= 4 is 27.7 Å². The van der Waals surface area contributed by atoms with Crippen molar-refractivity contribution in [2.75, 3.05) is 13.2 Å². The summed E-state index contributed by atoms with van der Waals surface area (Å²) in [4.78, 5) is 28.1. The van der Waals surface area contributed by atoms with Gasteiger partial charge in [0.15, 0.2) is 0 Å². The van der Waals surface area contributed by atoms with Crippen LogP contribution >= 0.6 is 0 Å². The van der Waals surface area contributed by atoms with Crippen LogP contribution in [-0.4, -0.2) is 33.8 Å². The van der Waals surface area contributed by atoms with Crippen molar-refractivity contribution in [3.05, 3.63) is 70.6 Å². The average Bonchev–Trinajstić information content (AvgIpc) is 3.11. The summed E-state index contributed by atoms with van der Waals surface area (Å²) in [6.45, 7) is 2.94. The Morgan fingerprint density at radius 2 is 1.93 bits per heavy atom. The van der Waals surface area contributed by atoms with Crippen molar-refractivity contribution in [3.8, 4) is 5.75 Å². The van der Waals surface area contributed by atoms with Crippen molar-refractivity contribution in [2.45, 2.75) is 19.9 Å². The minimum Gasteiger partial charge on any atom is -0.494 e. The van der Waals surface area contributed by atoms with E-state index in [-0.39, 0.29) is 18.0 Å². The topological polar surface area (TPSA) is 89.0 Å². The fraction of sp³-hybridized carbons (Fsp3) is 0.227. The quantitative estimate of drug-likeness (QED) is 0.508. The van der Waals surface area contributed by atoms with E-state index < -0.39 is 0 Å². The van der Waals surface area contributed by atoms with Crippen LogP contribution in [0.1, 0.15) is 12.5 Å². The molecule has 0 spiro atoms. The number of nitrogens with zero attached hydrogens (tertiary/aromatic N) is 2. The van der Waals surface area contributed by atoms with Crippen molar-refractivity contribution < 1.29 is 9.53 Å². The van der Waals surface area contributed by atoms with E-state index in [1.54, 1.807) is 6.20 Å².